The summed E-state index contributed by atoms with van der Waals surface area (Å²) < 4.78 is 0. The zero-order valence-corrected chi connectivity index (χ0v) is 10.3. The van der Waals surface area contributed by atoms with Crippen molar-refractivity contribution in [1.29, 1.82) is 0 Å². The Kier molecular flexibility index (Phi) is 2.89. The van der Waals surface area contributed by atoms with Gasteiger partial charge in [-0.05, 0) is 24.0 Å². The van der Waals surface area contributed by atoms with Gasteiger partial charge in [-0.15, -0.1) is 0 Å². The van der Waals surface area contributed by atoms with Gasteiger partial charge in [-0.1, -0.05) is 31.5 Å². The number of rotatable bonds is 1. The molecule has 1 amide bonds. The minimum absolute atomic E-state index is 0.0203. The molecule has 2 heterocycles. The van der Waals surface area contributed by atoms with Crippen LogP contribution >= 0.6 is 11.6 Å². The Morgan fingerprint density at radius 2 is 2.25 bits per heavy atom. The zero-order chi connectivity index (χ0) is 11.8. The molecule has 1 aromatic heterocycles. The lowest BCUT2D eigenvalue weighted by atomic mass is 9.93. The molecule has 0 N–H and O–H groups in total. The Balaban J connectivity index is 2.15. The molecule has 0 saturated carbocycles. The van der Waals surface area contributed by atoms with Gasteiger partial charge in [-0.3, -0.25) is 4.79 Å². The molecule has 0 bridgehead atoms. The first kappa shape index (κ1) is 11.4. The molecule has 1 saturated heterocycles. The van der Waals surface area contributed by atoms with Crippen LogP contribution in [0.15, 0.2) is 18.2 Å². The minimum Gasteiger partial charge on any atom is -0.337 e. The van der Waals surface area contributed by atoms with E-state index >= 15 is 0 Å². The van der Waals surface area contributed by atoms with Crippen LogP contribution < -0.4 is 0 Å². The summed E-state index contributed by atoms with van der Waals surface area (Å²) in [6, 6.07) is 5.13. The van der Waals surface area contributed by atoms with Gasteiger partial charge in [0.1, 0.15) is 10.8 Å². The van der Waals surface area contributed by atoms with E-state index in [9.17, 15) is 4.79 Å². The molecular formula is C12H15ClN2O. The van der Waals surface area contributed by atoms with Crippen LogP contribution in [0.25, 0.3) is 0 Å². The summed E-state index contributed by atoms with van der Waals surface area (Å²) in [5.74, 6) is -0.0203. The van der Waals surface area contributed by atoms with Crippen molar-refractivity contribution in [3.8, 4) is 0 Å². The summed E-state index contributed by atoms with van der Waals surface area (Å²) in [4.78, 5) is 18.0. The van der Waals surface area contributed by atoms with Gasteiger partial charge in [0.2, 0.25) is 0 Å². The van der Waals surface area contributed by atoms with E-state index < -0.39 is 0 Å². The Hall–Kier alpha value is -1.09. The number of pyridine rings is 1. The number of hydrogen-bond acceptors (Lipinski definition) is 2. The summed E-state index contributed by atoms with van der Waals surface area (Å²) in [6.45, 7) is 5.94. The molecule has 0 unspecified atom stereocenters. The maximum atomic E-state index is 12.1. The van der Waals surface area contributed by atoms with E-state index in [0.717, 1.165) is 19.5 Å². The van der Waals surface area contributed by atoms with Crippen LogP contribution in [0.4, 0.5) is 0 Å². The van der Waals surface area contributed by atoms with Gasteiger partial charge in [0.05, 0.1) is 0 Å². The van der Waals surface area contributed by atoms with Crippen molar-refractivity contribution in [2.45, 2.75) is 20.3 Å². The topological polar surface area (TPSA) is 33.2 Å². The molecule has 0 spiro atoms. The van der Waals surface area contributed by atoms with Crippen LogP contribution in [-0.4, -0.2) is 28.9 Å². The summed E-state index contributed by atoms with van der Waals surface area (Å²) in [6.07, 6.45) is 1.04. The number of halogens is 1. The van der Waals surface area contributed by atoms with E-state index in [1.165, 1.54) is 0 Å². The molecule has 1 fully saturated rings. The largest absolute Gasteiger partial charge is 0.337 e. The molecule has 0 atom stereocenters. The van der Waals surface area contributed by atoms with Gasteiger partial charge >= 0.3 is 0 Å². The summed E-state index contributed by atoms with van der Waals surface area (Å²) in [7, 11) is 0. The Morgan fingerprint density at radius 3 is 2.81 bits per heavy atom. The maximum Gasteiger partial charge on any atom is 0.272 e. The molecule has 16 heavy (non-hydrogen) atoms. The fraction of sp³-hybridized carbons (Fsp3) is 0.500. The fourth-order valence-corrected chi connectivity index (χ4v) is 2.14. The molecular weight excluding hydrogens is 224 g/mol. The van der Waals surface area contributed by atoms with E-state index in [1.54, 1.807) is 18.2 Å². The van der Waals surface area contributed by atoms with E-state index in [0.29, 0.717) is 10.8 Å². The summed E-state index contributed by atoms with van der Waals surface area (Å²) >= 11 is 5.77. The van der Waals surface area contributed by atoms with E-state index in [-0.39, 0.29) is 11.3 Å². The molecule has 1 aliphatic heterocycles. The molecule has 0 aromatic carbocycles. The Morgan fingerprint density at radius 1 is 1.50 bits per heavy atom. The Labute approximate surface area is 100 Å². The molecule has 86 valence electrons. The summed E-state index contributed by atoms with van der Waals surface area (Å²) in [5.41, 5.74) is 0.652. The predicted octanol–water partition coefficient (Wildman–Crippen LogP) is 2.61. The molecule has 1 aromatic rings. The quantitative estimate of drug-likeness (QED) is 0.705. The van der Waals surface area contributed by atoms with Gasteiger partial charge in [0.25, 0.3) is 5.91 Å². The van der Waals surface area contributed by atoms with Crippen LogP contribution in [0, 0.1) is 5.41 Å². The molecule has 3 nitrogen and oxygen atoms in total. The van der Waals surface area contributed by atoms with E-state index in [1.807, 2.05) is 4.90 Å². The van der Waals surface area contributed by atoms with Crippen LogP contribution in [-0.2, 0) is 0 Å². The van der Waals surface area contributed by atoms with Gasteiger partial charge in [-0.25, -0.2) is 4.98 Å². The maximum absolute atomic E-state index is 12.1. The number of hydrogen-bond donors (Lipinski definition) is 0. The number of amides is 1. The van der Waals surface area contributed by atoms with Crippen LogP contribution in [0.2, 0.25) is 5.15 Å². The van der Waals surface area contributed by atoms with Crippen LogP contribution in [0.5, 0.6) is 0 Å². The van der Waals surface area contributed by atoms with Crippen molar-refractivity contribution < 1.29 is 4.79 Å². The second-order valence-electron chi connectivity index (χ2n) is 4.99. The molecule has 2 rings (SSSR count). The first-order chi connectivity index (χ1) is 7.48. The highest BCUT2D eigenvalue weighted by molar-refractivity contribution is 6.29. The third-order valence-corrected chi connectivity index (χ3v) is 3.11. The van der Waals surface area contributed by atoms with Gasteiger partial charge < -0.3 is 4.90 Å². The SMILES string of the molecule is CC1(C)CCN(C(=O)c2cccc(Cl)n2)C1. The standard InChI is InChI=1S/C12H15ClN2O/c1-12(2)6-7-15(8-12)11(16)9-4-3-5-10(13)14-9/h3-5H,6-8H2,1-2H3. The lowest BCUT2D eigenvalue weighted by molar-refractivity contribution is 0.0772. The first-order valence-corrected chi connectivity index (χ1v) is 5.78. The van der Waals surface area contributed by atoms with Gasteiger partial charge in [-0.2, -0.15) is 0 Å². The lowest BCUT2D eigenvalue weighted by Gasteiger charge is -2.19. The number of likely N-dealkylation sites (tertiary alicyclic amines) is 1. The number of carbonyl (C=O) groups is 1. The lowest BCUT2D eigenvalue weighted by Crippen LogP contribution is -2.30. The second-order valence-corrected chi connectivity index (χ2v) is 5.37. The van der Waals surface area contributed by atoms with Crippen molar-refractivity contribution in [1.82, 2.24) is 9.88 Å². The molecule has 0 aliphatic carbocycles. The van der Waals surface area contributed by atoms with Crippen molar-refractivity contribution >= 4 is 17.5 Å². The van der Waals surface area contributed by atoms with Crippen LogP contribution in [0.3, 0.4) is 0 Å². The zero-order valence-electron chi connectivity index (χ0n) is 9.53. The smallest absolute Gasteiger partial charge is 0.272 e. The van der Waals surface area contributed by atoms with E-state index in [4.69, 9.17) is 11.6 Å². The van der Waals surface area contributed by atoms with E-state index in [2.05, 4.69) is 18.8 Å². The van der Waals surface area contributed by atoms with Crippen molar-refractivity contribution in [3.05, 3.63) is 29.0 Å². The average Bonchev–Trinajstić information content (AvgIpc) is 2.58. The third-order valence-electron chi connectivity index (χ3n) is 2.90. The van der Waals surface area contributed by atoms with Gasteiger partial charge in [0.15, 0.2) is 0 Å². The van der Waals surface area contributed by atoms with Crippen molar-refractivity contribution in [2.24, 2.45) is 5.41 Å². The predicted molar refractivity (Wildman–Crippen MR) is 63.5 cm³/mol. The second kappa shape index (κ2) is 4.06. The Bertz CT molecular complexity index is 417. The first-order valence-electron chi connectivity index (χ1n) is 5.40. The highest BCUT2D eigenvalue weighted by Crippen LogP contribution is 2.29. The third kappa shape index (κ3) is 2.35. The van der Waals surface area contributed by atoms with Gasteiger partial charge in [0, 0.05) is 13.1 Å². The molecule has 0 radical (unpaired) electrons. The van der Waals surface area contributed by atoms with Crippen molar-refractivity contribution in [2.75, 3.05) is 13.1 Å². The average molecular weight is 239 g/mol. The number of carbonyl (C=O) groups excluding carboxylic acids is 1. The summed E-state index contributed by atoms with van der Waals surface area (Å²) in [5, 5.41) is 0.365. The number of nitrogens with zero attached hydrogens (tertiary/aromatic N) is 2. The monoisotopic (exact) mass is 238 g/mol. The highest BCUT2D eigenvalue weighted by Gasteiger charge is 2.32. The highest BCUT2D eigenvalue weighted by atomic mass is 35.5. The van der Waals surface area contributed by atoms with Crippen LogP contribution in [0.1, 0.15) is 30.8 Å². The normalized spacial score (nSPS) is 18.8. The fourth-order valence-electron chi connectivity index (χ4n) is 1.98. The van der Waals surface area contributed by atoms with Crippen molar-refractivity contribution in [3.63, 3.8) is 0 Å². The minimum atomic E-state index is -0.0203. The number of aromatic nitrogens is 1. The molecule has 4 heteroatoms. The molecule has 1 aliphatic rings.